The Morgan fingerprint density at radius 1 is 1.16 bits per heavy atom. The molecule has 0 saturated carbocycles. The molecule has 156 valence electrons. The van der Waals surface area contributed by atoms with Gasteiger partial charge in [-0.1, -0.05) is 24.4 Å². The van der Waals surface area contributed by atoms with Gasteiger partial charge in [0.05, 0.1) is 27.7 Å². The Balaban J connectivity index is 1.59. The molecule has 0 unspecified atom stereocenters. The summed E-state index contributed by atoms with van der Waals surface area (Å²) in [5.41, 5.74) is 0.985. The van der Waals surface area contributed by atoms with Crippen LogP contribution in [0, 0.1) is 10.1 Å². The second kappa shape index (κ2) is 8.75. The molecule has 2 heterocycles. The highest BCUT2D eigenvalue weighted by molar-refractivity contribution is 8.20. The van der Waals surface area contributed by atoms with Crippen LogP contribution in [0.3, 0.4) is 0 Å². The van der Waals surface area contributed by atoms with Crippen LogP contribution in [-0.2, 0) is 0 Å². The van der Waals surface area contributed by atoms with E-state index in [9.17, 15) is 14.9 Å². The van der Waals surface area contributed by atoms with Crippen LogP contribution in [0.15, 0.2) is 70.0 Å². The van der Waals surface area contributed by atoms with E-state index in [0.29, 0.717) is 45.0 Å². The average molecular weight is 453 g/mol. The second-order valence-electron chi connectivity index (χ2n) is 6.42. The molecule has 3 aromatic rings. The van der Waals surface area contributed by atoms with Gasteiger partial charge in [0.25, 0.3) is 10.9 Å². The number of thioether (sulfide) groups is 1. The third-order valence-corrected chi connectivity index (χ3v) is 5.89. The highest BCUT2D eigenvalue weighted by Gasteiger charge is 2.33. The first-order valence-electron chi connectivity index (χ1n) is 9.32. The van der Waals surface area contributed by atoms with Gasteiger partial charge in [0, 0.05) is 6.07 Å². The maximum atomic E-state index is 12.6. The molecule has 1 aliphatic rings. The van der Waals surface area contributed by atoms with E-state index in [2.05, 4.69) is 0 Å². The second-order valence-corrected chi connectivity index (χ2v) is 7.80. The van der Waals surface area contributed by atoms with Gasteiger partial charge in [0.1, 0.15) is 22.3 Å². The molecule has 2 aromatic carbocycles. The molecular formula is C22H16N2O5S2. The number of nitro benzene ring substituents is 1. The van der Waals surface area contributed by atoms with Crippen molar-refractivity contribution in [3.8, 4) is 17.1 Å². The molecule has 1 fully saturated rings. The van der Waals surface area contributed by atoms with Crippen LogP contribution < -0.4 is 9.64 Å². The zero-order chi connectivity index (χ0) is 22.0. The molecule has 0 bridgehead atoms. The summed E-state index contributed by atoms with van der Waals surface area (Å²) in [6.45, 7) is 2.46. The number of furan rings is 1. The van der Waals surface area contributed by atoms with Crippen molar-refractivity contribution in [2.75, 3.05) is 11.5 Å². The van der Waals surface area contributed by atoms with E-state index in [1.807, 2.05) is 6.92 Å². The molecule has 4 rings (SSSR count). The third-order valence-electron chi connectivity index (χ3n) is 4.47. The largest absolute Gasteiger partial charge is 0.494 e. The standard InChI is InChI=1S/C22H16N2O5S2/c1-2-28-15-9-7-14(8-10-15)23-21(30)20(31-22(23)25)13-16-11-12-19(29-16)17-5-3-4-6-18(17)24(26)27/h3-13H,2H2,1H3. The van der Waals surface area contributed by atoms with Crippen molar-refractivity contribution >= 4 is 51.7 Å². The van der Waals surface area contributed by atoms with Crippen LogP contribution in [0.2, 0.25) is 0 Å². The van der Waals surface area contributed by atoms with Gasteiger partial charge in [-0.05, 0) is 67.2 Å². The van der Waals surface area contributed by atoms with E-state index < -0.39 is 4.92 Å². The Kier molecular flexibility index (Phi) is 5.88. The summed E-state index contributed by atoms with van der Waals surface area (Å²) in [6, 6.07) is 16.8. The molecule has 1 amide bonds. The summed E-state index contributed by atoms with van der Waals surface area (Å²) in [5.74, 6) is 1.52. The average Bonchev–Trinajstić information content (AvgIpc) is 3.33. The van der Waals surface area contributed by atoms with Crippen LogP contribution in [-0.4, -0.2) is 21.8 Å². The summed E-state index contributed by atoms with van der Waals surface area (Å²) in [6.07, 6.45) is 1.66. The van der Waals surface area contributed by atoms with E-state index in [1.165, 1.54) is 11.0 Å². The number of ether oxygens (including phenoxy) is 1. The highest BCUT2D eigenvalue weighted by atomic mass is 32.2. The van der Waals surface area contributed by atoms with Crippen LogP contribution in [0.4, 0.5) is 16.2 Å². The number of thiocarbonyl (C=S) groups is 1. The van der Waals surface area contributed by atoms with Gasteiger partial charge in [-0.2, -0.15) is 0 Å². The molecule has 0 aliphatic carbocycles. The van der Waals surface area contributed by atoms with Crippen molar-refractivity contribution in [3.05, 3.63) is 81.4 Å². The van der Waals surface area contributed by atoms with Crippen molar-refractivity contribution in [2.24, 2.45) is 0 Å². The zero-order valence-electron chi connectivity index (χ0n) is 16.3. The predicted octanol–water partition coefficient (Wildman–Crippen LogP) is 6.30. The number of para-hydroxylation sites is 1. The lowest BCUT2D eigenvalue weighted by Gasteiger charge is -2.15. The van der Waals surface area contributed by atoms with Crippen molar-refractivity contribution in [1.82, 2.24) is 0 Å². The lowest BCUT2D eigenvalue weighted by atomic mass is 10.1. The number of anilines is 1. The van der Waals surface area contributed by atoms with E-state index in [-0.39, 0.29) is 10.9 Å². The van der Waals surface area contributed by atoms with Crippen molar-refractivity contribution in [1.29, 1.82) is 0 Å². The number of hydrogen-bond donors (Lipinski definition) is 0. The van der Waals surface area contributed by atoms with Crippen LogP contribution in [0.5, 0.6) is 5.75 Å². The van der Waals surface area contributed by atoms with Gasteiger partial charge in [-0.3, -0.25) is 19.8 Å². The molecule has 7 nitrogen and oxygen atoms in total. The van der Waals surface area contributed by atoms with E-state index >= 15 is 0 Å². The number of carbonyl (C=O) groups is 1. The highest BCUT2D eigenvalue weighted by Crippen LogP contribution is 2.38. The number of rotatable bonds is 6. The summed E-state index contributed by atoms with van der Waals surface area (Å²) in [7, 11) is 0. The molecule has 1 aromatic heterocycles. The molecule has 0 atom stereocenters. The Hall–Kier alpha value is -3.43. The summed E-state index contributed by atoms with van der Waals surface area (Å²) in [4.78, 5) is 25.8. The summed E-state index contributed by atoms with van der Waals surface area (Å²) in [5, 5.41) is 11.1. The smallest absolute Gasteiger partial charge is 0.296 e. The Morgan fingerprint density at radius 2 is 1.90 bits per heavy atom. The minimum absolute atomic E-state index is 0.0429. The van der Waals surface area contributed by atoms with Crippen LogP contribution in [0.25, 0.3) is 17.4 Å². The molecular weight excluding hydrogens is 436 g/mol. The number of carbonyl (C=O) groups excluding carboxylic acids is 1. The first-order chi connectivity index (χ1) is 15.0. The van der Waals surface area contributed by atoms with Crippen LogP contribution >= 0.6 is 24.0 Å². The fraction of sp³-hybridized carbons (Fsp3) is 0.0909. The molecule has 9 heteroatoms. The van der Waals surface area contributed by atoms with Gasteiger partial charge in [0.2, 0.25) is 0 Å². The maximum Gasteiger partial charge on any atom is 0.296 e. The molecule has 1 saturated heterocycles. The van der Waals surface area contributed by atoms with Crippen molar-refractivity contribution in [2.45, 2.75) is 6.92 Å². The first kappa shape index (κ1) is 20.8. The monoisotopic (exact) mass is 452 g/mol. The van der Waals surface area contributed by atoms with E-state index in [0.717, 1.165) is 11.8 Å². The topological polar surface area (TPSA) is 85.8 Å². The number of amides is 1. The summed E-state index contributed by atoms with van der Waals surface area (Å²) >= 11 is 6.52. The van der Waals surface area contributed by atoms with Gasteiger partial charge in [0.15, 0.2) is 0 Å². The third kappa shape index (κ3) is 4.23. The number of nitro groups is 1. The molecule has 1 aliphatic heterocycles. The fourth-order valence-corrected chi connectivity index (χ4v) is 4.35. The van der Waals surface area contributed by atoms with E-state index in [4.69, 9.17) is 21.4 Å². The Bertz CT molecular complexity index is 1200. The summed E-state index contributed by atoms with van der Waals surface area (Å²) < 4.78 is 11.2. The Morgan fingerprint density at radius 3 is 2.61 bits per heavy atom. The fourth-order valence-electron chi connectivity index (χ4n) is 3.09. The zero-order valence-corrected chi connectivity index (χ0v) is 17.9. The predicted molar refractivity (Wildman–Crippen MR) is 124 cm³/mol. The minimum atomic E-state index is -0.453. The van der Waals surface area contributed by atoms with Gasteiger partial charge < -0.3 is 9.15 Å². The lowest BCUT2D eigenvalue weighted by molar-refractivity contribution is -0.384. The normalized spacial score (nSPS) is 15.0. The number of benzene rings is 2. The molecule has 0 spiro atoms. The van der Waals surface area contributed by atoms with Gasteiger partial charge in [-0.15, -0.1) is 0 Å². The van der Waals surface area contributed by atoms with Gasteiger partial charge >= 0.3 is 0 Å². The quantitative estimate of drug-likeness (QED) is 0.188. The van der Waals surface area contributed by atoms with E-state index in [1.54, 1.807) is 60.7 Å². The Labute approximate surface area is 187 Å². The molecule has 31 heavy (non-hydrogen) atoms. The van der Waals surface area contributed by atoms with Gasteiger partial charge in [-0.25, -0.2) is 0 Å². The van der Waals surface area contributed by atoms with Crippen LogP contribution in [0.1, 0.15) is 12.7 Å². The first-order valence-corrected chi connectivity index (χ1v) is 10.5. The number of hydrogen-bond acceptors (Lipinski definition) is 7. The van der Waals surface area contributed by atoms with Crippen molar-refractivity contribution in [3.63, 3.8) is 0 Å². The molecule has 0 N–H and O–H groups in total. The lowest BCUT2D eigenvalue weighted by Crippen LogP contribution is -2.26. The number of nitrogens with zero attached hydrogens (tertiary/aromatic N) is 2. The molecule has 0 radical (unpaired) electrons. The van der Waals surface area contributed by atoms with Crippen molar-refractivity contribution < 1.29 is 18.9 Å². The minimum Gasteiger partial charge on any atom is -0.494 e. The maximum absolute atomic E-state index is 12.6. The SMILES string of the molecule is CCOc1ccc(N2C(=O)SC(=Cc3ccc(-c4ccccc4[N+](=O)[O-])o3)C2=S)cc1.